The molecule has 78 valence electrons. The molecule has 0 radical (unpaired) electrons. The maximum Gasteiger partial charge on any atom is 0.138 e. The van der Waals surface area contributed by atoms with Crippen LogP contribution in [0.15, 0.2) is 24.5 Å². The van der Waals surface area contributed by atoms with Crippen LogP contribution in [-0.2, 0) is 0 Å². The van der Waals surface area contributed by atoms with E-state index in [1.54, 1.807) is 0 Å². The predicted molar refractivity (Wildman–Crippen MR) is 64.9 cm³/mol. The molecule has 0 N–H and O–H groups in total. The Balaban J connectivity index is 2.05. The van der Waals surface area contributed by atoms with Crippen LogP contribution in [0.4, 0.5) is 0 Å². The number of hydrogen-bond donors (Lipinski definition) is 0. The van der Waals surface area contributed by atoms with Gasteiger partial charge < -0.3 is 4.40 Å². The van der Waals surface area contributed by atoms with Crippen molar-refractivity contribution in [2.45, 2.75) is 12.3 Å². The Kier molecular flexibility index (Phi) is 2.37. The quantitative estimate of drug-likeness (QED) is 0.759. The van der Waals surface area contributed by atoms with E-state index in [2.05, 4.69) is 11.2 Å². The van der Waals surface area contributed by atoms with Gasteiger partial charge in [0.1, 0.15) is 5.65 Å². The van der Waals surface area contributed by atoms with Gasteiger partial charge in [-0.1, -0.05) is 11.6 Å². The van der Waals surface area contributed by atoms with Gasteiger partial charge in [-0.3, -0.25) is 0 Å². The highest BCUT2D eigenvalue weighted by Crippen LogP contribution is 2.31. The minimum absolute atomic E-state index is 0.633. The fourth-order valence-electron chi connectivity index (χ4n) is 1.94. The maximum absolute atomic E-state index is 5.93. The molecular formula is C11H11ClN2S. The zero-order valence-electron chi connectivity index (χ0n) is 8.19. The van der Waals surface area contributed by atoms with Gasteiger partial charge in [-0.2, -0.15) is 11.8 Å². The third-order valence-corrected chi connectivity index (χ3v) is 4.19. The van der Waals surface area contributed by atoms with Crippen LogP contribution in [-0.4, -0.2) is 20.9 Å². The van der Waals surface area contributed by atoms with Gasteiger partial charge in [0.05, 0.1) is 5.69 Å². The number of halogens is 1. The second-order valence-electron chi connectivity index (χ2n) is 3.84. The van der Waals surface area contributed by atoms with Crippen molar-refractivity contribution in [1.82, 2.24) is 9.38 Å². The van der Waals surface area contributed by atoms with Crippen molar-refractivity contribution < 1.29 is 0 Å². The minimum Gasteiger partial charge on any atom is -0.307 e. The number of hydrogen-bond acceptors (Lipinski definition) is 2. The van der Waals surface area contributed by atoms with Crippen molar-refractivity contribution in [2.24, 2.45) is 0 Å². The summed E-state index contributed by atoms with van der Waals surface area (Å²) < 4.78 is 2.05. The Morgan fingerprint density at radius 2 is 2.47 bits per heavy atom. The number of imidazole rings is 1. The van der Waals surface area contributed by atoms with Crippen LogP contribution >= 0.6 is 23.4 Å². The van der Waals surface area contributed by atoms with E-state index < -0.39 is 0 Å². The lowest BCUT2D eigenvalue weighted by Crippen LogP contribution is -1.95. The Labute approximate surface area is 97.6 Å². The van der Waals surface area contributed by atoms with Crippen LogP contribution in [0.2, 0.25) is 5.02 Å². The van der Waals surface area contributed by atoms with Crippen molar-refractivity contribution >= 4 is 29.0 Å². The molecule has 0 saturated carbocycles. The monoisotopic (exact) mass is 238 g/mol. The molecule has 4 heteroatoms. The lowest BCUT2D eigenvalue weighted by Gasteiger charge is -2.01. The van der Waals surface area contributed by atoms with Gasteiger partial charge >= 0.3 is 0 Å². The van der Waals surface area contributed by atoms with Gasteiger partial charge in [0.15, 0.2) is 0 Å². The molecule has 1 aliphatic rings. The Bertz CT molecular complexity index is 488. The summed E-state index contributed by atoms with van der Waals surface area (Å²) in [6.45, 7) is 0. The zero-order chi connectivity index (χ0) is 10.3. The first-order chi connectivity index (χ1) is 7.33. The maximum atomic E-state index is 5.93. The summed E-state index contributed by atoms with van der Waals surface area (Å²) in [7, 11) is 0. The van der Waals surface area contributed by atoms with Gasteiger partial charge in [0.25, 0.3) is 0 Å². The van der Waals surface area contributed by atoms with E-state index in [9.17, 15) is 0 Å². The average Bonchev–Trinajstić information content (AvgIpc) is 2.84. The molecule has 2 nitrogen and oxygen atoms in total. The molecule has 0 amide bonds. The third-order valence-electron chi connectivity index (χ3n) is 2.79. The summed E-state index contributed by atoms with van der Waals surface area (Å²) >= 11 is 7.94. The lowest BCUT2D eigenvalue weighted by molar-refractivity contribution is 0.759. The highest BCUT2D eigenvalue weighted by molar-refractivity contribution is 7.99. The highest BCUT2D eigenvalue weighted by Gasteiger charge is 2.20. The first-order valence-corrected chi connectivity index (χ1v) is 6.58. The van der Waals surface area contributed by atoms with E-state index in [4.69, 9.17) is 11.6 Å². The molecule has 2 aromatic heterocycles. The number of fused-ring (bicyclic) bond motifs is 1. The molecule has 1 unspecified atom stereocenters. The smallest absolute Gasteiger partial charge is 0.138 e. The first kappa shape index (κ1) is 9.55. The lowest BCUT2D eigenvalue weighted by atomic mass is 10.1. The highest BCUT2D eigenvalue weighted by atomic mass is 35.5. The summed E-state index contributed by atoms with van der Waals surface area (Å²) in [5.41, 5.74) is 2.16. The molecule has 1 fully saturated rings. The van der Waals surface area contributed by atoms with E-state index in [1.807, 2.05) is 34.5 Å². The number of aromatic nitrogens is 2. The normalized spacial score (nSPS) is 21.3. The summed E-state index contributed by atoms with van der Waals surface area (Å²) in [6.07, 6.45) is 5.35. The van der Waals surface area contributed by atoms with Crippen molar-refractivity contribution in [3.63, 3.8) is 0 Å². The van der Waals surface area contributed by atoms with Crippen LogP contribution < -0.4 is 0 Å². The van der Waals surface area contributed by atoms with Crippen LogP contribution in [0.25, 0.3) is 5.65 Å². The molecule has 3 rings (SSSR count). The summed E-state index contributed by atoms with van der Waals surface area (Å²) in [6, 6.07) is 3.80. The van der Waals surface area contributed by atoms with Crippen LogP contribution in [0.1, 0.15) is 18.0 Å². The Hall–Kier alpha value is -0.670. The fraction of sp³-hybridized carbons (Fsp3) is 0.364. The zero-order valence-corrected chi connectivity index (χ0v) is 9.76. The summed E-state index contributed by atoms with van der Waals surface area (Å²) in [5.74, 6) is 3.10. The molecule has 3 heterocycles. The van der Waals surface area contributed by atoms with Gasteiger partial charge in [-0.25, -0.2) is 4.98 Å². The van der Waals surface area contributed by atoms with Crippen molar-refractivity contribution in [2.75, 3.05) is 11.5 Å². The van der Waals surface area contributed by atoms with Gasteiger partial charge in [0, 0.05) is 29.1 Å². The van der Waals surface area contributed by atoms with E-state index in [0.717, 1.165) is 10.7 Å². The third kappa shape index (κ3) is 1.74. The second kappa shape index (κ2) is 3.72. The molecule has 0 aliphatic carbocycles. The van der Waals surface area contributed by atoms with Gasteiger partial charge in [-0.05, 0) is 24.3 Å². The molecule has 15 heavy (non-hydrogen) atoms. The largest absolute Gasteiger partial charge is 0.307 e. The Morgan fingerprint density at radius 3 is 3.27 bits per heavy atom. The van der Waals surface area contributed by atoms with Crippen LogP contribution in [0, 0.1) is 0 Å². The van der Waals surface area contributed by atoms with Crippen molar-refractivity contribution in [3.8, 4) is 0 Å². The minimum atomic E-state index is 0.633. The number of thioether (sulfide) groups is 1. The average molecular weight is 239 g/mol. The van der Waals surface area contributed by atoms with Crippen molar-refractivity contribution in [3.05, 3.63) is 35.2 Å². The van der Waals surface area contributed by atoms with Gasteiger partial charge in [0.2, 0.25) is 0 Å². The fourth-order valence-corrected chi connectivity index (χ4v) is 3.33. The number of nitrogens with zero attached hydrogens (tertiary/aromatic N) is 2. The molecule has 0 spiro atoms. The van der Waals surface area contributed by atoms with E-state index >= 15 is 0 Å². The summed E-state index contributed by atoms with van der Waals surface area (Å²) in [5, 5.41) is 0.750. The van der Waals surface area contributed by atoms with Crippen LogP contribution in [0.3, 0.4) is 0 Å². The van der Waals surface area contributed by atoms with Gasteiger partial charge in [-0.15, -0.1) is 0 Å². The number of pyridine rings is 1. The van der Waals surface area contributed by atoms with E-state index in [-0.39, 0.29) is 0 Å². The molecule has 0 aromatic carbocycles. The number of rotatable bonds is 1. The summed E-state index contributed by atoms with van der Waals surface area (Å²) in [4.78, 5) is 4.62. The van der Waals surface area contributed by atoms with Crippen LogP contribution in [0.5, 0.6) is 0 Å². The molecular weight excluding hydrogens is 228 g/mol. The van der Waals surface area contributed by atoms with E-state index in [1.165, 1.54) is 23.6 Å². The SMILES string of the molecule is Clc1ccn2cc(C3CCSC3)nc2c1. The predicted octanol–water partition coefficient (Wildman–Crippen LogP) is 3.21. The molecule has 1 saturated heterocycles. The standard InChI is InChI=1S/C11H11ClN2S/c12-9-1-3-14-6-10(13-11(14)5-9)8-2-4-15-7-8/h1,3,5-6,8H,2,4,7H2. The molecule has 2 aromatic rings. The topological polar surface area (TPSA) is 17.3 Å². The first-order valence-electron chi connectivity index (χ1n) is 5.05. The molecule has 1 atom stereocenters. The second-order valence-corrected chi connectivity index (χ2v) is 5.42. The Morgan fingerprint density at radius 1 is 1.53 bits per heavy atom. The molecule has 0 bridgehead atoms. The molecule has 1 aliphatic heterocycles. The van der Waals surface area contributed by atoms with E-state index in [0.29, 0.717) is 5.92 Å². The van der Waals surface area contributed by atoms with Crippen molar-refractivity contribution in [1.29, 1.82) is 0 Å².